The van der Waals surface area contributed by atoms with Crippen LogP contribution in [0.4, 0.5) is 0 Å². The van der Waals surface area contributed by atoms with Gasteiger partial charge in [0.15, 0.2) is 0 Å². The highest BCUT2D eigenvalue weighted by atomic mass is 35.5. The predicted molar refractivity (Wildman–Crippen MR) is 47.1 cm³/mol. The summed E-state index contributed by atoms with van der Waals surface area (Å²) in [5.74, 6) is 0.570. The third-order valence-electron chi connectivity index (χ3n) is 1.38. The number of rotatable bonds is 4. The van der Waals surface area contributed by atoms with Crippen molar-refractivity contribution in [1.29, 1.82) is 0 Å². The second-order valence-corrected chi connectivity index (χ2v) is 3.26. The van der Waals surface area contributed by atoms with Gasteiger partial charge in [0.25, 0.3) is 0 Å². The lowest BCUT2D eigenvalue weighted by molar-refractivity contribution is 0.612. The minimum Gasteiger partial charge on any atom is -0.330 e. The maximum Gasteiger partial charge on any atom is 0.0112 e. The Balaban J connectivity index is 3.43. The van der Waals surface area contributed by atoms with Gasteiger partial charge in [0.2, 0.25) is 0 Å². The van der Waals surface area contributed by atoms with E-state index in [-0.39, 0.29) is 0 Å². The standard InChI is InChI=1S/C8H16ClN/c1-7(4-3-5-10)6-8(2)9/h6-7H,3-5,10H2,1-2H3. The maximum absolute atomic E-state index is 5.68. The van der Waals surface area contributed by atoms with Crippen LogP contribution in [-0.2, 0) is 0 Å². The number of nitrogens with two attached hydrogens (primary N) is 1. The fourth-order valence-corrected chi connectivity index (χ4v) is 1.13. The molecule has 1 unspecified atom stereocenters. The molecule has 0 aromatic carbocycles. The molecule has 0 bridgehead atoms. The molecule has 0 aromatic heterocycles. The largest absolute Gasteiger partial charge is 0.330 e. The molecule has 0 aromatic rings. The molecule has 0 saturated carbocycles. The molecule has 1 nitrogen and oxygen atoms in total. The van der Waals surface area contributed by atoms with Gasteiger partial charge in [0, 0.05) is 5.03 Å². The summed E-state index contributed by atoms with van der Waals surface area (Å²) in [6, 6.07) is 0. The van der Waals surface area contributed by atoms with Crippen molar-refractivity contribution >= 4 is 11.6 Å². The molecule has 2 N–H and O–H groups in total. The van der Waals surface area contributed by atoms with Gasteiger partial charge in [-0.3, -0.25) is 0 Å². The molecule has 0 spiro atoms. The second-order valence-electron chi connectivity index (χ2n) is 2.66. The third kappa shape index (κ3) is 6.12. The summed E-state index contributed by atoms with van der Waals surface area (Å²) >= 11 is 5.68. The van der Waals surface area contributed by atoms with Crippen molar-refractivity contribution in [2.45, 2.75) is 26.7 Å². The summed E-state index contributed by atoms with van der Waals surface area (Å²) in [7, 11) is 0. The van der Waals surface area contributed by atoms with Crippen molar-refractivity contribution in [3.05, 3.63) is 11.1 Å². The van der Waals surface area contributed by atoms with Gasteiger partial charge in [-0.25, -0.2) is 0 Å². The maximum atomic E-state index is 5.68. The van der Waals surface area contributed by atoms with Crippen molar-refractivity contribution < 1.29 is 0 Å². The van der Waals surface area contributed by atoms with Crippen LogP contribution in [0.1, 0.15) is 26.7 Å². The number of allylic oxidation sites excluding steroid dienone is 2. The summed E-state index contributed by atoms with van der Waals surface area (Å²) in [6.07, 6.45) is 4.29. The summed E-state index contributed by atoms with van der Waals surface area (Å²) in [6.45, 7) is 4.83. The SMILES string of the molecule is CC(Cl)=CC(C)CCCN. The molecule has 0 heterocycles. The Hall–Kier alpha value is -0.0100. The van der Waals surface area contributed by atoms with Crippen LogP contribution < -0.4 is 5.73 Å². The van der Waals surface area contributed by atoms with E-state index < -0.39 is 0 Å². The van der Waals surface area contributed by atoms with Gasteiger partial charge < -0.3 is 5.73 Å². The van der Waals surface area contributed by atoms with Crippen LogP contribution in [-0.4, -0.2) is 6.54 Å². The Morgan fingerprint density at radius 3 is 2.70 bits per heavy atom. The number of halogens is 1. The lowest BCUT2D eigenvalue weighted by Gasteiger charge is -2.03. The Morgan fingerprint density at radius 2 is 2.30 bits per heavy atom. The average molecular weight is 162 g/mol. The minimum absolute atomic E-state index is 0.570. The first kappa shape index (κ1) is 9.99. The Kier molecular flexibility index (Phi) is 5.74. The van der Waals surface area contributed by atoms with Gasteiger partial charge >= 0.3 is 0 Å². The molecule has 1 atom stereocenters. The van der Waals surface area contributed by atoms with Crippen LogP contribution in [0.3, 0.4) is 0 Å². The van der Waals surface area contributed by atoms with E-state index in [1.807, 2.05) is 6.92 Å². The van der Waals surface area contributed by atoms with E-state index in [1.54, 1.807) is 0 Å². The lowest BCUT2D eigenvalue weighted by Crippen LogP contribution is -2.01. The van der Waals surface area contributed by atoms with Crippen molar-refractivity contribution in [3.8, 4) is 0 Å². The summed E-state index contributed by atoms with van der Waals surface area (Å²) < 4.78 is 0. The zero-order valence-corrected chi connectivity index (χ0v) is 7.49. The number of hydrogen-bond donors (Lipinski definition) is 1. The average Bonchev–Trinajstić information content (AvgIpc) is 1.82. The third-order valence-corrected chi connectivity index (χ3v) is 1.50. The Labute approximate surface area is 68.2 Å². The van der Waals surface area contributed by atoms with Crippen LogP contribution >= 0.6 is 11.6 Å². The smallest absolute Gasteiger partial charge is 0.0112 e. The molecular weight excluding hydrogens is 146 g/mol. The molecule has 0 aliphatic heterocycles. The Morgan fingerprint density at radius 1 is 1.70 bits per heavy atom. The molecule has 2 heteroatoms. The highest BCUT2D eigenvalue weighted by Crippen LogP contribution is 2.10. The molecule has 0 fully saturated rings. The lowest BCUT2D eigenvalue weighted by atomic mass is 10.1. The van der Waals surface area contributed by atoms with E-state index in [9.17, 15) is 0 Å². The molecule has 0 saturated heterocycles. The van der Waals surface area contributed by atoms with Crippen LogP contribution in [0, 0.1) is 5.92 Å². The summed E-state index contributed by atoms with van der Waals surface area (Å²) in [5.41, 5.74) is 5.35. The first-order valence-electron chi connectivity index (χ1n) is 3.70. The van der Waals surface area contributed by atoms with E-state index in [0.29, 0.717) is 5.92 Å². The molecular formula is C8H16ClN. The molecule has 60 valence electrons. The van der Waals surface area contributed by atoms with E-state index in [1.165, 1.54) is 0 Å². The molecule has 0 aliphatic rings. The van der Waals surface area contributed by atoms with Gasteiger partial charge in [-0.2, -0.15) is 0 Å². The molecule has 10 heavy (non-hydrogen) atoms. The molecule has 0 aliphatic carbocycles. The van der Waals surface area contributed by atoms with Crippen molar-refractivity contribution in [2.75, 3.05) is 6.54 Å². The molecule has 0 amide bonds. The first-order chi connectivity index (χ1) is 4.66. The van der Waals surface area contributed by atoms with Crippen LogP contribution in [0.15, 0.2) is 11.1 Å². The fraction of sp³-hybridized carbons (Fsp3) is 0.750. The van der Waals surface area contributed by atoms with Crippen molar-refractivity contribution in [1.82, 2.24) is 0 Å². The van der Waals surface area contributed by atoms with Gasteiger partial charge in [0.05, 0.1) is 0 Å². The van der Waals surface area contributed by atoms with Gasteiger partial charge in [-0.15, -0.1) is 0 Å². The zero-order chi connectivity index (χ0) is 7.98. The normalized spacial score (nSPS) is 15.4. The second kappa shape index (κ2) is 5.75. The quantitative estimate of drug-likeness (QED) is 0.674. The highest BCUT2D eigenvalue weighted by Gasteiger charge is 1.95. The highest BCUT2D eigenvalue weighted by molar-refractivity contribution is 6.29. The number of hydrogen-bond acceptors (Lipinski definition) is 1. The van der Waals surface area contributed by atoms with E-state index >= 15 is 0 Å². The first-order valence-corrected chi connectivity index (χ1v) is 4.08. The van der Waals surface area contributed by atoms with Gasteiger partial charge in [-0.05, 0) is 32.2 Å². The summed E-state index contributed by atoms with van der Waals surface area (Å²) in [5, 5.41) is 0.879. The van der Waals surface area contributed by atoms with Crippen LogP contribution in [0.2, 0.25) is 0 Å². The Bertz CT molecular complexity index is 106. The minimum atomic E-state index is 0.570. The summed E-state index contributed by atoms with van der Waals surface area (Å²) in [4.78, 5) is 0. The van der Waals surface area contributed by atoms with Gasteiger partial charge in [0.1, 0.15) is 0 Å². The van der Waals surface area contributed by atoms with E-state index in [0.717, 1.165) is 24.4 Å². The zero-order valence-electron chi connectivity index (χ0n) is 6.73. The van der Waals surface area contributed by atoms with E-state index in [4.69, 9.17) is 17.3 Å². The van der Waals surface area contributed by atoms with Crippen molar-refractivity contribution in [3.63, 3.8) is 0 Å². The predicted octanol–water partition coefficient (Wildman–Crippen LogP) is 2.50. The molecule has 0 radical (unpaired) electrons. The van der Waals surface area contributed by atoms with Crippen LogP contribution in [0.25, 0.3) is 0 Å². The molecule has 0 rings (SSSR count). The monoisotopic (exact) mass is 161 g/mol. The topological polar surface area (TPSA) is 26.0 Å². The van der Waals surface area contributed by atoms with Gasteiger partial charge in [-0.1, -0.05) is 24.6 Å². The van der Waals surface area contributed by atoms with Crippen molar-refractivity contribution in [2.24, 2.45) is 11.7 Å². The van der Waals surface area contributed by atoms with Crippen LogP contribution in [0.5, 0.6) is 0 Å². The van der Waals surface area contributed by atoms with E-state index in [2.05, 4.69) is 13.0 Å². The fourth-order valence-electron chi connectivity index (χ4n) is 0.915.